The van der Waals surface area contributed by atoms with Crippen molar-refractivity contribution in [3.63, 3.8) is 0 Å². The Labute approximate surface area is 115 Å². The molecule has 2 rings (SSSR count). The van der Waals surface area contributed by atoms with Gasteiger partial charge in [0.1, 0.15) is 0 Å². The zero-order chi connectivity index (χ0) is 13.1. The lowest BCUT2D eigenvalue weighted by Gasteiger charge is -2.36. The molecule has 1 aliphatic rings. The Morgan fingerprint density at radius 1 is 1.39 bits per heavy atom. The van der Waals surface area contributed by atoms with E-state index in [1.807, 2.05) is 16.8 Å². The lowest BCUT2D eigenvalue weighted by Crippen LogP contribution is -2.33. The third-order valence-corrected chi connectivity index (χ3v) is 5.61. The molecule has 3 heteroatoms. The number of hydrogen-bond donors (Lipinski definition) is 1. The van der Waals surface area contributed by atoms with Gasteiger partial charge in [0.05, 0.1) is 11.2 Å². The predicted molar refractivity (Wildman–Crippen MR) is 78.9 cm³/mol. The minimum absolute atomic E-state index is 0.525. The van der Waals surface area contributed by atoms with Crippen LogP contribution in [-0.2, 0) is 0 Å². The van der Waals surface area contributed by atoms with Crippen LogP contribution in [-0.4, -0.2) is 11.5 Å². The summed E-state index contributed by atoms with van der Waals surface area (Å²) in [6.07, 6.45) is 4.10. The Bertz CT molecular complexity index is 374. The van der Waals surface area contributed by atoms with E-state index in [1.165, 1.54) is 29.8 Å². The quantitative estimate of drug-likeness (QED) is 0.884. The monoisotopic (exact) mass is 266 g/mol. The van der Waals surface area contributed by atoms with E-state index in [0.717, 1.165) is 24.3 Å². The molecule has 1 aromatic rings. The smallest absolute Gasteiger partial charge is 0.0798 e. The summed E-state index contributed by atoms with van der Waals surface area (Å²) in [5.41, 5.74) is 3.21. The summed E-state index contributed by atoms with van der Waals surface area (Å²) < 4.78 is 0. The standard InChI is InChI=1S/C15H26N2S/c1-5-16-14(15-12(4)17-9-18-15)13-7-6-10(2)11(3)8-13/h9-11,13-14,16H,5-8H2,1-4H3. The molecule has 1 N–H and O–H groups in total. The predicted octanol–water partition coefficient (Wildman–Crippen LogP) is 4.17. The molecule has 0 aliphatic heterocycles. The highest BCUT2D eigenvalue weighted by molar-refractivity contribution is 7.09. The number of aryl methyl sites for hydroxylation is 1. The molecule has 0 bridgehead atoms. The van der Waals surface area contributed by atoms with Gasteiger partial charge < -0.3 is 5.32 Å². The fraction of sp³-hybridized carbons (Fsp3) is 0.800. The highest BCUT2D eigenvalue weighted by Gasteiger charge is 2.31. The third-order valence-electron chi connectivity index (χ3n) is 4.60. The first-order chi connectivity index (χ1) is 8.63. The van der Waals surface area contributed by atoms with Crippen LogP contribution >= 0.6 is 11.3 Å². The molecular weight excluding hydrogens is 240 g/mol. The van der Waals surface area contributed by atoms with E-state index in [0.29, 0.717) is 6.04 Å². The van der Waals surface area contributed by atoms with Crippen molar-refractivity contribution in [1.82, 2.24) is 10.3 Å². The highest BCUT2D eigenvalue weighted by Crippen LogP contribution is 2.41. The average Bonchev–Trinajstić information content (AvgIpc) is 2.76. The minimum atomic E-state index is 0.525. The summed E-state index contributed by atoms with van der Waals surface area (Å²) in [5, 5.41) is 3.70. The van der Waals surface area contributed by atoms with E-state index in [-0.39, 0.29) is 0 Å². The molecule has 18 heavy (non-hydrogen) atoms. The maximum absolute atomic E-state index is 4.43. The van der Waals surface area contributed by atoms with Crippen LogP contribution < -0.4 is 5.32 Å². The van der Waals surface area contributed by atoms with E-state index in [9.17, 15) is 0 Å². The Morgan fingerprint density at radius 3 is 2.72 bits per heavy atom. The van der Waals surface area contributed by atoms with Crippen molar-refractivity contribution in [2.75, 3.05) is 6.54 Å². The second-order valence-corrected chi connectivity index (χ2v) is 6.75. The molecule has 0 radical (unpaired) electrons. The van der Waals surface area contributed by atoms with Gasteiger partial charge in [0.25, 0.3) is 0 Å². The van der Waals surface area contributed by atoms with E-state index >= 15 is 0 Å². The summed E-state index contributed by atoms with van der Waals surface area (Å²) in [6.45, 7) is 10.2. The molecule has 1 saturated carbocycles. The van der Waals surface area contributed by atoms with Gasteiger partial charge >= 0.3 is 0 Å². The first-order valence-electron chi connectivity index (χ1n) is 7.26. The van der Waals surface area contributed by atoms with Crippen molar-refractivity contribution in [1.29, 1.82) is 0 Å². The van der Waals surface area contributed by atoms with Crippen LogP contribution in [0.1, 0.15) is 56.6 Å². The van der Waals surface area contributed by atoms with Crippen LogP contribution in [0.15, 0.2) is 5.51 Å². The molecule has 4 atom stereocenters. The number of hydrogen-bond acceptors (Lipinski definition) is 3. The number of aromatic nitrogens is 1. The van der Waals surface area contributed by atoms with Crippen LogP contribution in [0.5, 0.6) is 0 Å². The fourth-order valence-corrected chi connectivity index (χ4v) is 4.16. The first-order valence-corrected chi connectivity index (χ1v) is 8.14. The van der Waals surface area contributed by atoms with Gasteiger partial charge in [-0.15, -0.1) is 11.3 Å². The van der Waals surface area contributed by atoms with Crippen LogP contribution in [0.4, 0.5) is 0 Å². The van der Waals surface area contributed by atoms with Gasteiger partial charge in [0, 0.05) is 10.9 Å². The Morgan fingerprint density at radius 2 is 2.17 bits per heavy atom. The lowest BCUT2D eigenvalue weighted by molar-refractivity contribution is 0.173. The molecule has 0 saturated heterocycles. The van der Waals surface area contributed by atoms with Crippen LogP contribution in [0.3, 0.4) is 0 Å². The normalized spacial score (nSPS) is 30.3. The zero-order valence-corrected chi connectivity index (χ0v) is 12.9. The number of thiazole rings is 1. The number of nitrogens with zero attached hydrogens (tertiary/aromatic N) is 1. The van der Waals surface area contributed by atoms with Gasteiger partial charge in [-0.25, -0.2) is 4.98 Å². The van der Waals surface area contributed by atoms with E-state index in [2.05, 4.69) is 38.0 Å². The Kier molecular flexibility index (Phi) is 4.79. The topological polar surface area (TPSA) is 24.9 Å². The first kappa shape index (κ1) is 14.0. The van der Waals surface area contributed by atoms with Crippen LogP contribution in [0.25, 0.3) is 0 Å². The molecular formula is C15H26N2S. The van der Waals surface area contributed by atoms with Crippen molar-refractivity contribution in [2.24, 2.45) is 17.8 Å². The van der Waals surface area contributed by atoms with Gasteiger partial charge in [-0.2, -0.15) is 0 Å². The van der Waals surface area contributed by atoms with Gasteiger partial charge in [-0.1, -0.05) is 27.2 Å². The van der Waals surface area contributed by atoms with Crippen molar-refractivity contribution in [3.05, 3.63) is 16.1 Å². The SMILES string of the molecule is CCNC(c1scnc1C)C1CCC(C)C(C)C1. The summed E-state index contributed by atoms with van der Waals surface area (Å²) in [6, 6.07) is 0.525. The minimum Gasteiger partial charge on any atom is -0.309 e. The third kappa shape index (κ3) is 2.94. The van der Waals surface area contributed by atoms with Crippen molar-refractivity contribution >= 4 is 11.3 Å². The van der Waals surface area contributed by atoms with Gasteiger partial charge in [-0.3, -0.25) is 0 Å². The van der Waals surface area contributed by atoms with Gasteiger partial charge in [-0.05, 0) is 44.1 Å². The second kappa shape index (κ2) is 6.16. The molecule has 1 heterocycles. The average molecular weight is 266 g/mol. The molecule has 2 nitrogen and oxygen atoms in total. The summed E-state index contributed by atoms with van der Waals surface area (Å²) in [7, 11) is 0. The van der Waals surface area contributed by atoms with E-state index < -0.39 is 0 Å². The van der Waals surface area contributed by atoms with Crippen molar-refractivity contribution in [2.45, 2.75) is 53.0 Å². The molecule has 1 fully saturated rings. The lowest BCUT2D eigenvalue weighted by atomic mass is 9.73. The maximum atomic E-state index is 4.43. The summed E-state index contributed by atoms with van der Waals surface area (Å²) >= 11 is 1.82. The molecule has 1 aliphatic carbocycles. The molecule has 102 valence electrons. The largest absolute Gasteiger partial charge is 0.309 e. The molecule has 0 spiro atoms. The van der Waals surface area contributed by atoms with E-state index in [1.54, 1.807) is 0 Å². The Balaban J connectivity index is 2.13. The maximum Gasteiger partial charge on any atom is 0.0798 e. The van der Waals surface area contributed by atoms with Gasteiger partial charge in [0.2, 0.25) is 0 Å². The molecule has 0 aromatic carbocycles. The molecule has 1 aromatic heterocycles. The number of nitrogens with one attached hydrogen (secondary N) is 1. The molecule has 0 amide bonds. The molecule has 4 unspecified atom stereocenters. The van der Waals surface area contributed by atoms with Crippen molar-refractivity contribution < 1.29 is 0 Å². The van der Waals surface area contributed by atoms with Crippen molar-refractivity contribution in [3.8, 4) is 0 Å². The zero-order valence-electron chi connectivity index (χ0n) is 12.1. The number of rotatable bonds is 4. The van der Waals surface area contributed by atoms with E-state index in [4.69, 9.17) is 0 Å². The second-order valence-electron chi connectivity index (χ2n) is 5.87. The fourth-order valence-electron chi connectivity index (χ4n) is 3.19. The Hall–Kier alpha value is -0.410. The van der Waals surface area contributed by atoms with Gasteiger partial charge in [0.15, 0.2) is 0 Å². The van der Waals surface area contributed by atoms with Crippen LogP contribution in [0.2, 0.25) is 0 Å². The summed E-state index contributed by atoms with van der Waals surface area (Å²) in [5.74, 6) is 2.54. The highest BCUT2D eigenvalue weighted by atomic mass is 32.1. The van der Waals surface area contributed by atoms with Crippen LogP contribution in [0, 0.1) is 24.7 Å². The summed E-state index contributed by atoms with van der Waals surface area (Å²) in [4.78, 5) is 5.89.